The third-order valence-corrected chi connectivity index (χ3v) is 3.51. The number of ether oxygens (including phenoxy) is 1. The predicted molar refractivity (Wildman–Crippen MR) is 76.2 cm³/mol. The zero-order chi connectivity index (χ0) is 15.0. The molecule has 20 heavy (non-hydrogen) atoms. The Morgan fingerprint density at radius 1 is 1.35 bits per heavy atom. The van der Waals surface area contributed by atoms with E-state index in [4.69, 9.17) is 10.5 Å². The maximum absolute atomic E-state index is 11.3. The van der Waals surface area contributed by atoms with Gasteiger partial charge >= 0.3 is 5.97 Å². The Labute approximate surface area is 116 Å². The number of carbonyl (C=O) groups is 1. The molecule has 0 unspecified atom stereocenters. The lowest BCUT2D eigenvalue weighted by Crippen LogP contribution is -2.03. The van der Waals surface area contributed by atoms with E-state index in [0.29, 0.717) is 5.69 Å². The summed E-state index contributed by atoms with van der Waals surface area (Å²) < 4.78 is 5.36. The summed E-state index contributed by atoms with van der Waals surface area (Å²) in [6.07, 6.45) is 0. The van der Waals surface area contributed by atoms with Crippen LogP contribution in [0, 0.1) is 20.8 Å². The van der Waals surface area contributed by atoms with E-state index in [9.17, 15) is 9.90 Å². The van der Waals surface area contributed by atoms with Crippen molar-refractivity contribution in [3.63, 3.8) is 0 Å². The normalized spacial score (nSPS) is 10.6. The minimum absolute atomic E-state index is 0.00272. The molecule has 2 rings (SSSR count). The molecule has 0 fully saturated rings. The van der Waals surface area contributed by atoms with Crippen molar-refractivity contribution in [2.45, 2.75) is 20.8 Å². The van der Waals surface area contributed by atoms with Crippen LogP contribution in [0.2, 0.25) is 0 Å². The molecule has 0 atom stereocenters. The van der Waals surface area contributed by atoms with Crippen LogP contribution in [-0.4, -0.2) is 28.4 Å². The molecule has 1 aromatic heterocycles. The van der Waals surface area contributed by atoms with Crippen LogP contribution in [0.25, 0.3) is 11.3 Å². The lowest BCUT2D eigenvalue weighted by atomic mass is 9.95. The Hall–Kier alpha value is -2.50. The largest absolute Gasteiger partial charge is 0.496 e. The fraction of sp³-hybridized carbons (Fsp3) is 0.286. The van der Waals surface area contributed by atoms with Crippen LogP contribution in [0.5, 0.6) is 5.75 Å². The summed E-state index contributed by atoms with van der Waals surface area (Å²) in [7, 11) is 1.62. The van der Waals surface area contributed by atoms with Gasteiger partial charge in [0.05, 0.1) is 12.8 Å². The van der Waals surface area contributed by atoms with Gasteiger partial charge in [0.25, 0.3) is 0 Å². The van der Waals surface area contributed by atoms with Crippen molar-refractivity contribution in [2.75, 3.05) is 12.8 Å². The zero-order valence-electron chi connectivity index (χ0n) is 11.9. The second kappa shape index (κ2) is 4.88. The second-order valence-corrected chi connectivity index (χ2v) is 4.69. The highest BCUT2D eigenvalue weighted by atomic mass is 16.5. The van der Waals surface area contributed by atoms with Crippen molar-refractivity contribution in [1.29, 1.82) is 0 Å². The molecule has 0 aliphatic rings. The number of aryl methyl sites for hydroxylation is 1. The number of nitrogens with two attached hydrogens (primary N) is 1. The van der Waals surface area contributed by atoms with Gasteiger partial charge in [0.15, 0.2) is 5.82 Å². The first kappa shape index (κ1) is 13.9. The molecule has 106 valence electrons. The number of nitrogens with zero attached hydrogens (tertiary/aromatic N) is 1. The van der Waals surface area contributed by atoms with Gasteiger partial charge in [0, 0.05) is 5.56 Å². The van der Waals surface area contributed by atoms with E-state index in [-0.39, 0.29) is 11.4 Å². The Morgan fingerprint density at radius 3 is 2.55 bits per heavy atom. The van der Waals surface area contributed by atoms with E-state index in [1.807, 2.05) is 26.8 Å². The van der Waals surface area contributed by atoms with Crippen molar-refractivity contribution in [3.05, 3.63) is 28.3 Å². The van der Waals surface area contributed by atoms with Crippen molar-refractivity contribution in [2.24, 2.45) is 0 Å². The summed E-state index contributed by atoms with van der Waals surface area (Å²) in [5, 5.41) is 15.8. The van der Waals surface area contributed by atoms with E-state index in [2.05, 4.69) is 10.2 Å². The van der Waals surface area contributed by atoms with Crippen molar-refractivity contribution >= 4 is 11.8 Å². The number of hydrogen-bond donors (Lipinski definition) is 3. The number of methoxy groups -OCH3 is 1. The first-order valence-electron chi connectivity index (χ1n) is 6.10. The Kier molecular flexibility index (Phi) is 3.40. The number of carboxylic acids is 1. The molecule has 0 aliphatic carbocycles. The molecule has 0 spiro atoms. The maximum atomic E-state index is 11.3. The topological polar surface area (TPSA) is 101 Å². The Balaban J connectivity index is 2.75. The minimum Gasteiger partial charge on any atom is -0.496 e. The molecule has 0 saturated carbocycles. The summed E-state index contributed by atoms with van der Waals surface area (Å²) in [4.78, 5) is 11.3. The monoisotopic (exact) mass is 275 g/mol. The number of rotatable bonds is 3. The third-order valence-electron chi connectivity index (χ3n) is 3.51. The maximum Gasteiger partial charge on any atom is 0.341 e. The number of aromatic amines is 1. The minimum atomic E-state index is -1.10. The molecule has 0 bridgehead atoms. The molecule has 2 aromatic rings. The molecule has 6 nitrogen and oxygen atoms in total. The van der Waals surface area contributed by atoms with Gasteiger partial charge in [0.2, 0.25) is 0 Å². The molecule has 6 heteroatoms. The van der Waals surface area contributed by atoms with E-state index in [1.165, 1.54) is 0 Å². The van der Waals surface area contributed by atoms with Gasteiger partial charge in [-0.25, -0.2) is 4.79 Å². The number of carboxylic acid groups (broad SMARTS) is 1. The molecule has 4 N–H and O–H groups in total. The smallest absolute Gasteiger partial charge is 0.341 e. The molecular formula is C14H17N3O3. The van der Waals surface area contributed by atoms with Crippen LogP contribution in [0.1, 0.15) is 27.0 Å². The van der Waals surface area contributed by atoms with Crippen molar-refractivity contribution < 1.29 is 14.6 Å². The molecule has 1 aromatic carbocycles. The third kappa shape index (κ3) is 1.99. The van der Waals surface area contributed by atoms with Crippen molar-refractivity contribution in [1.82, 2.24) is 10.2 Å². The standard InChI is InChI=1S/C14H17N3O3/c1-6-5-9(7(2)8(3)12(6)20-4)11-10(14(18)19)13(15)17-16-11/h5H,1-4H3,(H,18,19)(H3,15,16,17). The Bertz CT molecular complexity index is 689. The van der Waals surface area contributed by atoms with Crippen LogP contribution >= 0.6 is 0 Å². The molecule has 0 saturated heterocycles. The zero-order valence-corrected chi connectivity index (χ0v) is 11.9. The molecule has 0 amide bonds. The first-order chi connectivity index (χ1) is 9.38. The van der Waals surface area contributed by atoms with Crippen LogP contribution in [0.3, 0.4) is 0 Å². The summed E-state index contributed by atoms with van der Waals surface area (Å²) in [6.45, 7) is 5.76. The number of anilines is 1. The quantitative estimate of drug-likeness (QED) is 0.797. The highest BCUT2D eigenvalue weighted by Gasteiger charge is 2.22. The number of H-pyrrole nitrogens is 1. The van der Waals surface area contributed by atoms with Crippen LogP contribution in [-0.2, 0) is 0 Å². The average Bonchev–Trinajstić information content (AvgIpc) is 2.76. The molecule has 0 aliphatic heterocycles. The van der Waals surface area contributed by atoms with Crippen LogP contribution in [0.4, 0.5) is 5.82 Å². The summed E-state index contributed by atoms with van der Waals surface area (Å²) >= 11 is 0. The second-order valence-electron chi connectivity index (χ2n) is 4.69. The SMILES string of the molecule is COc1c(C)cc(-c2[nH]nc(N)c2C(=O)O)c(C)c1C. The molecule has 0 radical (unpaired) electrons. The lowest BCUT2D eigenvalue weighted by Gasteiger charge is -2.15. The van der Waals surface area contributed by atoms with E-state index in [0.717, 1.165) is 28.0 Å². The van der Waals surface area contributed by atoms with Gasteiger partial charge in [0.1, 0.15) is 11.3 Å². The highest BCUT2D eigenvalue weighted by Crippen LogP contribution is 2.35. The summed E-state index contributed by atoms with van der Waals surface area (Å²) in [5.41, 5.74) is 9.62. The van der Waals surface area contributed by atoms with Gasteiger partial charge in [-0.3, -0.25) is 5.10 Å². The fourth-order valence-corrected chi connectivity index (χ4v) is 2.40. The van der Waals surface area contributed by atoms with Gasteiger partial charge in [-0.15, -0.1) is 0 Å². The lowest BCUT2D eigenvalue weighted by molar-refractivity contribution is 0.0699. The molecular weight excluding hydrogens is 258 g/mol. The number of aromatic carboxylic acids is 1. The van der Waals surface area contributed by atoms with Crippen LogP contribution in [0.15, 0.2) is 6.07 Å². The van der Waals surface area contributed by atoms with Gasteiger partial charge < -0.3 is 15.6 Å². The highest BCUT2D eigenvalue weighted by molar-refractivity contribution is 6.00. The van der Waals surface area contributed by atoms with Crippen LogP contribution < -0.4 is 10.5 Å². The number of aromatic nitrogens is 2. The van der Waals surface area contributed by atoms with Crippen molar-refractivity contribution in [3.8, 4) is 17.0 Å². The van der Waals surface area contributed by atoms with Gasteiger partial charge in [-0.2, -0.15) is 5.10 Å². The summed E-state index contributed by atoms with van der Waals surface area (Å²) in [5.74, 6) is -0.314. The summed E-state index contributed by atoms with van der Waals surface area (Å²) in [6, 6.07) is 1.88. The molecule has 1 heterocycles. The average molecular weight is 275 g/mol. The van der Waals surface area contributed by atoms with Gasteiger partial charge in [-0.05, 0) is 43.5 Å². The number of nitrogen functional groups attached to an aromatic ring is 1. The predicted octanol–water partition coefficient (Wildman–Crippen LogP) is 2.29. The van der Waals surface area contributed by atoms with E-state index < -0.39 is 5.97 Å². The fourth-order valence-electron chi connectivity index (χ4n) is 2.40. The van der Waals surface area contributed by atoms with Gasteiger partial charge in [-0.1, -0.05) is 0 Å². The van der Waals surface area contributed by atoms with E-state index in [1.54, 1.807) is 7.11 Å². The number of hydrogen-bond acceptors (Lipinski definition) is 4. The number of nitrogens with one attached hydrogen (secondary N) is 1. The Morgan fingerprint density at radius 2 is 2.00 bits per heavy atom. The van der Waals surface area contributed by atoms with E-state index >= 15 is 0 Å². The first-order valence-corrected chi connectivity index (χ1v) is 6.10. The number of benzene rings is 1.